The summed E-state index contributed by atoms with van der Waals surface area (Å²) in [5, 5.41) is 33.5. The predicted molar refractivity (Wildman–Crippen MR) is 154 cm³/mol. The van der Waals surface area contributed by atoms with E-state index in [1.165, 1.54) is 27.4 Å². The van der Waals surface area contributed by atoms with Crippen molar-refractivity contribution in [3.8, 4) is 11.3 Å². The minimum atomic E-state index is -0.266. The highest BCUT2D eigenvalue weighted by atomic mass is 35.5. The Bertz CT molecular complexity index is 1570. The first kappa shape index (κ1) is 27.5. The molecular weight excluding hydrogens is 570 g/mol. The SMILES string of the molecule is O=C(Cc1ccccc1)Nc1nnc(CCCCc2nnc(NC(=O)Cn3cc(-c4ccc(Cl)cc4)nn3)s2)s1. The van der Waals surface area contributed by atoms with E-state index < -0.39 is 0 Å². The summed E-state index contributed by atoms with van der Waals surface area (Å²) in [6.07, 6.45) is 5.26. The molecule has 3 heterocycles. The van der Waals surface area contributed by atoms with Gasteiger partial charge >= 0.3 is 0 Å². The molecule has 0 saturated heterocycles. The fraction of sp³-hybridized carbons (Fsp3) is 0.231. The highest BCUT2D eigenvalue weighted by Gasteiger charge is 2.12. The molecule has 11 nitrogen and oxygen atoms in total. The number of benzene rings is 2. The summed E-state index contributed by atoms with van der Waals surface area (Å²) in [7, 11) is 0. The molecule has 0 bridgehead atoms. The van der Waals surface area contributed by atoms with Crippen LogP contribution < -0.4 is 10.6 Å². The second kappa shape index (κ2) is 13.3. The van der Waals surface area contributed by atoms with Gasteiger partial charge in [-0.3, -0.25) is 14.9 Å². The number of carbonyl (C=O) groups is 2. The summed E-state index contributed by atoms with van der Waals surface area (Å²) in [6.45, 7) is 0.00600. The summed E-state index contributed by atoms with van der Waals surface area (Å²) < 4.78 is 1.47. The van der Waals surface area contributed by atoms with Gasteiger partial charge in [-0.1, -0.05) is 82.0 Å². The Labute approximate surface area is 242 Å². The largest absolute Gasteiger partial charge is 0.300 e. The third-order valence-corrected chi connectivity index (χ3v) is 7.70. The van der Waals surface area contributed by atoms with Crippen molar-refractivity contribution in [3.63, 3.8) is 0 Å². The van der Waals surface area contributed by atoms with Crippen molar-refractivity contribution in [2.45, 2.75) is 38.6 Å². The molecule has 204 valence electrons. The minimum Gasteiger partial charge on any atom is -0.300 e. The maximum atomic E-state index is 12.4. The molecule has 5 aromatic rings. The average Bonchev–Trinajstić information content (AvgIpc) is 3.70. The van der Waals surface area contributed by atoms with Gasteiger partial charge in [-0.05, 0) is 30.5 Å². The van der Waals surface area contributed by atoms with Gasteiger partial charge in [0.15, 0.2) is 0 Å². The number of hydrogen-bond donors (Lipinski definition) is 2. The Kier molecular flexibility index (Phi) is 9.16. The van der Waals surface area contributed by atoms with Gasteiger partial charge in [0, 0.05) is 23.4 Å². The first-order chi connectivity index (χ1) is 19.5. The van der Waals surface area contributed by atoms with Crippen LogP contribution in [0.2, 0.25) is 5.02 Å². The van der Waals surface area contributed by atoms with E-state index in [-0.39, 0.29) is 18.4 Å². The van der Waals surface area contributed by atoms with Crippen LogP contribution in [0.4, 0.5) is 10.3 Å². The number of carbonyl (C=O) groups excluding carboxylic acids is 2. The lowest BCUT2D eigenvalue weighted by Gasteiger charge is -2.00. The van der Waals surface area contributed by atoms with Gasteiger partial charge in [0.05, 0.1) is 12.6 Å². The zero-order valence-corrected chi connectivity index (χ0v) is 23.5. The molecule has 0 aliphatic rings. The van der Waals surface area contributed by atoms with Crippen LogP contribution in [0.25, 0.3) is 11.3 Å². The Morgan fingerprint density at radius 3 is 2.05 bits per heavy atom. The van der Waals surface area contributed by atoms with Crippen molar-refractivity contribution in [1.29, 1.82) is 0 Å². The van der Waals surface area contributed by atoms with E-state index in [9.17, 15) is 9.59 Å². The molecule has 0 aliphatic carbocycles. The van der Waals surface area contributed by atoms with E-state index in [0.717, 1.165) is 46.8 Å². The van der Waals surface area contributed by atoms with Crippen molar-refractivity contribution < 1.29 is 9.59 Å². The Morgan fingerprint density at radius 2 is 1.40 bits per heavy atom. The van der Waals surface area contributed by atoms with Crippen LogP contribution in [0.1, 0.15) is 28.4 Å². The molecule has 14 heteroatoms. The molecule has 3 aromatic heterocycles. The Morgan fingerprint density at radius 1 is 0.775 bits per heavy atom. The van der Waals surface area contributed by atoms with Gasteiger partial charge in [0.2, 0.25) is 22.1 Å². The zero-order chi connectivity index (χ0) is 27.7. The van der Waals surface area contributed by atoms with Crippen molar-refractivity contribution in [2.75, 3.05) is 10.6 Å². The van der Waals surface area contributed by atoms with Gasteiger partial charge in [-0.2, -0.15) is 0 Å². The van der Waals surface area contributed by atoms with Gasteiger partial charge in [0.1, 0.15) is 22.3 Å². The van der Waals surface area contributed by atoms with Gasteiger partial charge in [0.25, 0.3) is 0 Å². The van der Waals surface area contributed by atoms with Crippen LogP contribution >= 0.6 is 34.3 Å². The van der Waals surface area contributed by atoms with E-state index in [1.807, 2.05) is 42.5 Å². The predicted octanol–water partition coefficient (Wildman–Crippen LogP) is 4.69. The van der Waals surface area contributed by atoms with Gasteiger partial charge in [-0.25, -0.2) is 4.68 Å². The van der Waals surface area contributed by atoms with Crippen molar-refractivity contribution in [3.05, 3.63) is 81.4 Å². The molecule has 0 spiro atoms. The van der Waals surface area contributed by atoms with Crippen LogP contribution in [-0.2, 0) is 35.4 Å². The molecule has 0 unspecified atom stereocenters. The molecule has 2 aromatic carbocycles. The smallest absolute Gasteiger partial charge is 0.247 e. The highest BCUT2D eigenvalue weighted by Crippen LogP contribution is 2.21. The first-order valence-corrected chi connectivity index (χ1v) is 14.5. The summed E-state index contributed by atoms with van der Waals surface area (Å²) in [5.41, 5.74) is 2.46. The molecule has 40 heavy (non-hydrogen) atoms. The van der Waals surface area contributed by atoms with Crippen LogP contribution in [0.15, 0.2) is 60.8 Å². The molecule has 2 N–H and O–H groups in total. The lowest BCUT2D eigenvalue weighted by molar-refractivity contribution is -0.117. The topological polar surface area (TPSA) is 140 Å². The summed E-state index contributed by atoms with van der Waals surface area (Å²) >= 11 is 8.66. The van der Waals surface area contributed by atoms with E-state index in [0.29, 0.717) is 27.4 Å². The number of halogens is 1. The van der Waals surface area contributed by atoms with E-state index in [2.05, 4.69) is 41.3 Å². The Balaban J connectivity index is 1.01. The molecular formula is C26H24ClN9O2S2. The summed E-state index contributed by atoms with van der Waals surface area (Å²) in [6, 6.07) is 16.8. The van der Waals surface area contributed by atoms with E-state index >= 15 is 0 Å². The molecule has 0 saturated carbocycles. The van der Waals surface area contributed by atoms with Crippen molar-refractivity contribution >= 4 is 56.4 Å². The van der Waals surface area contributed by atoms with E-state index in [4.69, 9.17) is 11.6 Å². The van der Waals surface area contributed by atoms with E-state index in [1.54, 1.807) is 18.3 Å². The number of rotatable bonds is 12. The number of aryl methyl sites for hydroxylation is 2. The standard InChI is InChI=1S/C26H24ClN9O2S2/c27-19-12-10-18(11-13-19)20-15-36(35-30-20)16-22(38)29-26-34-32-24(40-26)9-5-4-8-23-31-33-25(39-23)28-21(37)14-17-6-2-1-3-7-17/h1-3,6-7,10-13,15H,4-5,8-9,14,16H2,(H,28,33,37)(H,29,34,38). The third kappa shape index (κ3) is 7.97. The summed E-state index contributed by atoms with van der Waals surface area (Å²) in [5.74, 6) is -0.379. The van der Waals surface area contributed by atoms with Crippen molar-refractivity contribution in [1.82, 2.24) is 35.4 Å². The third-order valence-electron chi connectivity index (χ3n) is 5.65. The fourth-order valence-electron chi connectivity index (χ4n) is 3.74. The lowest BCUT2D eigenvalue weighted by atomic mass is 10.1. The number of aromatic nitrogens is 7. The molecule has 2 amide bonds. The minimum absolute atomic E-state index is 0.00600. The number of anilines is 2. The van der Waals surface area contributed by atoms with Gasteiger partial charge in [-0.15, -0.1) is 25.5 Å². The molecule has 0 fully saturated rings. The normalized spacial score (nSPS) is 10.9. The Hall–Kier alpha value is -4.07. The number of amides is 2. The number of hydrogen-bond acceptors (Lipinski definition) is 10. The molecule has 5 rings (SSSR count). The molecule has 0 aliphatic heterocycles. The monoisotopic (exact) mass is 593 g/mol. The second-order valence-corrected chi connectivity index (χ2v) is 11.3. The zero-order valence-electron chi connectivity index (χ0n) is 21.2. The summed E-state index contributed by atoms with van der Waals surface area (Å²) in [4.78, 5) is 24.7. The quantitative estimate of drug-likeness (QED) is 0.199. The van der Waals surface area contributed by atoms with Crippen LogP contribution in [0, 0.1) is 0 Å². The molecule has 0 radical (unpaired) electrons. The number of nitrogens with one attached hydrogen (secondary N) is 2. The van der Waals surface area contributed by atoms with Crippen molar-refractivity contribution in [2.24, 2.45) is 0 Å². The van der Waals surface area contributed by atoms with Crippen LogP contribution in [-0.4, -0.2) is 47.2 Å². The lowest BCUT2D eigenvalue weighted by Crippen LogP contribution is -2.19. The average molecular weight is 594 g/mol. The number of nitrogens with zero attached hydrogens (tertiary/aromatic N) is 7. The maximum absolute atomic E-state index is 12.4. The fourth-order valence-corrected chi connectivity index (χ4v) is 5.46. The first-order valence-electron chi connectivity index (χ1n) is 12.4. The maximum Gasteiger partial charge on any atom is 0.247 e. The number of unbranched alkanes of at least 4 members (excludes halogenated alkanes) is 1. The second-order valence-electron chi connectivity index (χ2n) is 8.78. The van der Waals surface area contributed by atoms with Crippen LogP contribution in [0.3, 0.4) is 0 Å². The van der Waals surface area contributed by atoms with Gasteiger partial charge < -0.3 is 5.32 Å². The molecule has 0 atom stereocenters. The highest BCUT2D eigenvalue weighted by molar-refractivity contribution is 7.15. The van der Waals surface area contributed by atoms with Crippen LogP contribution in [0.5, 0.6) is 0 Å².